The Morgan fingerprint density at radius 2 is 1.81 bits per heavy atom. The van der Waals surface area contributed by atoms with Crippen LogP contribution in [0.15, 0.2) is 72.7 Å². The second-order valence-electron chi connectivity index (χ2n) is 6.94. The number of rotatable bonds is 2. The smallest absolute Gasteiger partial charge is 0.226 e. The number of aromatic nitrogens is 3. The molecule has 1 N–H and O–H groups in total. The first-order valence-corrected chi connectivity index (χ1v) is 8.92. The van der Waals surface area contributed by atoms with Crippen LogP contribution in [0.4, 0.5) is 10.3 Å². The number of allylic oxidation sites excluding steroid dienone is 2. The molecule has 0 spiro atoms. The molecule has 2 heterocycles. The van der Waals surface area contributed by atoms with Gasteiger partial charge >= 0.3 is 0 Å². The van der Waals surface area contributed by atoms with Crippen molar-refractivity contribution in [2.24, 2.45) is 5.92 Å². The molecule has 3 aromatic rings. The van der Waals surface area contributed by atoms with Gasteiger partial charge in [0.2, 0.25) is 5.95 Å². The maximum absolute atomic E-state index is 13.3. The lowest BCUT2D eigenvalue weighted by atomic mass is 9.76. The van der Waals surface area contributed by atoms with Crippen molar-refractivity contribution < 1.29 is 9.18 Å². The number of anilines is 1. The van der Waals surface area contributed by atoms with E-state index < -0.39 is 0 Å². The SMILES string of the molecule is O=C1C[C@@H](c2ccc(F)cc2)C=C2Nc3ncnn3[C@H](c3ccccc3)[C@@H]12. The fraction of sp³-hybridized carbons (Fsp3) is 0.190. The molecule has 5 rings (SSSR count). The molecule has 0 saturated carbocycles. The highest BCUT2D eigenvalue weighted by atomic mass is 19.1. The van der Waals surface area contributed by atoms with E-state index in [0.717, 1.165) is 16.8 Å². The Kier molecular flexibility index (Phi) is 3.63. The Bertz CT molecular complexity index is 1030. The van der Waals surface area contributed by atoms with Crippen molar-refractivity contribution in [3.8, 4) is 0 Å². The van der Waals surface area contributed by atoms with E-state index in [0.29, 0.717) is 12.4 Å². The van der Waals surface area contributed by atoms with Crippen LogP contribution >= 0.6 is 0 Å². The van der Waals surface area contributed by atoms with Gasteiger partial charge in [0, 0.05) is 18.0 Å². The Labute approximate surface area is 155 Å². The Morgan fingerprint density at radius 1 is 1.04 bits per heavy atom. The number of fused-ring (bicyclic) bond motifs is 2. The lowest BCUT2D eigenvalue weighted by Crippen LogP contribution is -2.40. The van der Waals surface area contributed by atoms with Crippen molar-refractivity contribution in [1.29, 1.82) is 0 Å². The Hall–Kier alpha value is -3.28. The van der Waals surface area contributed by atoms with Crippen LogP contribution in [0.3, 0.4) is 0 Å². The number of hydrogen-bond donors (Lipinski definition) is 1. The van der Waals surface area contributed by atoms with E-state index in [9.17, 15) is 9.18 Å². The van der Waals surface area contributed by atoms with Crippen molar-refractivity contribution in [2.75, 3.05) is 5.32 Å². The molecule has 6 heteroatoms. The summed E-state index contributed by atoms with van der Waals surface area (Å²) in [5.74, 6) is 0.0729. The molecular formula is C21H17FN4O. The van der Waals surface area contributed by atoms with E-state index in [4.69, 9.17) is 0 Å². The highest BCUT2D eigenvalue weighted by Gasteiger charge is 2.43. The summed E-state index contributed by atoms with van der Waals surface area (Å²) in [6, 6.07) is 16.0. The number of carbonyl (C=O) groups is 1. The second-order valence-corrected chi connectivity index (χ2v) is 6.94. The summed E-state index contributed by atoms with van der Waals surface area (Å²) in [7, 11) is 0. The molecular weight excluding hydrogens is 343 g/mol. The molecule has 0 amide bonds. The zero-order valence-electron chi connectivity index (χ0n) is 14.4. The number of benzene rings is 2. The number of Topliss-reactive ketones (excluding diaryl/α,β-unsaturated/α-hetero) is 1. The first-order chi connectivity index (χ1) is 13.2. The minimum absolute atomic E-state index is 0.0808. The van der Waals surface area contributed by atoms with Crippen molar-refractivity contribution in [3.05, 3.63) is 89.6 Å². The summed E-state index contributed by atoms with van der Waals surface area (Å²) in [4.78, 5) is 17.5. The Morgan fingerprint density at radius 3 is 2.59 bits per heavy atom. The van der Waals surface area contributed by atoms with Crippen molar-refractivity contribution in [3.63, 3.8) is 0 Å². The molecule has 2 aliphatic rings. The lowest BCUT2D eigenvalue weighted by molar-refractivity contribution is -0.123. The van der Waals surface area contributed by atoms with Crippen LogP contribution in [0.25, 0.3) is 0 Å². The first-order valence-electron chi connectivity index (χ1n) is 8.92. The zero-order chi connectivity index (χ0) is 18.4. The van der Waals surface area contributed by atoms with E-state index in [1.54, 1.807) is 16.8 Å². The molecule has 27 heavy (non-hydrogen) atoms. The van der Waals surface area contributed by atoms with Gasteiger partial charge in [0.15, 0.2) is 0 Å². The monoisotopic (exact) mass is 360 g/mol. The van der Waals surface area contributed by atoms with E-state index in [-0.39, 0.29) is 29.5 Å². The summed E-state index contributed by atoms with van der Waals surface area (Å²) in [6.45, 7) is 0. The normalized spacial score (nSPS) is 23.8. The van der Waals surface area contributed by atoms with Crippen molar-refractivity contribution in [1.82, 2.24) is 14.8 Å². The number of nitrogens with one attached hydrogen (secondary N) is 1. The molecule has 5 nitrogen and oxygen atoms in total. The van der Waals surface area contributed by atoms with Crippen LogP contribution in [-0.4, -0.2) is 20.5 Å². The third kappa shape index (κ3) is 2.65. The van der Waals surface area contributed by atoms with Gasteiger partial charge in [0.05, 0.1) is 12.0 Å². The summed E-state index contributed by atoms with van der Waals surface area (Å²) in [6.07, 6.45) is 3.96. The van der Waals surface area contributed by atoms with Crippen molar-refractivity contribution >= 4 is 11.7 Å². The van der Waals surface area contributed by atoms with E-state index in [2.05, 4.69) is 21.5 Å². The molecule has 1 aromatic heterocycles. The lowest BCUT2D eigenvalue weighted by Gasteiger charge is -2.38. The van der Waals surface area contributed by atoms with Crippen LogP contribution in [0.1, 0.15) is 29.5 Å². The number of nitrogens with zero attached hydrogens (tertiary/aromatic N) is 3. The van der Waals surface area contributed by atoms with Gasteiger partial charge < -0.3 is 5.32 Å². The minimum atomic E-state index is -0.335. The van der Waals surface area contributed by atoms with Gasteiger partial charge in [0.1, 0.15) is 17.9 Å². The highest BCUT2D eigenvalue weighted by Crippen LogP contribution is 2.43. The summed E-state index contributed by atoms with van der Waals surface area (Å²) in [5, 5.41) is 7.62. The molecule has 1 aliphatic carbocycles. The maximum Gasteiger partial charge on any atom is 0.226 e. The molecule has 134 valence electrons. The average molecular weight is 360 g/mol. The highest BCUT2D eigenvalue weighted by molar-refractivity contribution is 5.88. The molecule has 0 unspecified atom stereocenters. The van der Waals surface area contributed by atoms with Crippen LogP contribution in [0, 0.1) is 11.7 Å². The molecule has 1 aliphatic heterocycles. The average Bonchev–Trinajstić information content (AvgIpc) is 3.15. The topological polar surface area (TPSA) is 59.8 Å². The van der Waals surface area contributed by atoms with Gasteiger partial charge in [-0.15, -0.1) is 0 Å². The fourth-order valence-corrected chi connectivity index (χ4v) is 4.08. The molecule has 0 bridgehead atoms. The summed E-state index contributed by atoms with van der Waals surface area (Å²) in [5.41, 5.74) is 2.80. The quantitative estimate of drug-likeness (QED) is 0.757. The van der Waals surface area contributed by atoms with Gasteiger partial charge in [-0.25, -0.2) is 9.07 Å². The van der Waals surface area contributed by atoms with Crippen LogP contribution in [0.2, 0.25) is 0 Å². The zero-order valence-corrected chi connectivity index (χ0v) is 14.4. The van der Waals surface area contributed by atoms with E-state index in [1.807, 2.05) is 30.3 Å². The molecule has 0 radical (unpaired) electrons. The second kappa shape index (κ2) is 6.16. The van der Waals surface area contributed by atoms with Gasteiger partial charge in [-0.2, -0.15) is 10.1 Å². The number of hydrogen-bond acceptors (Lipinski definition) is 4. The predicted molar refractivity (Wildman–Crippen MR) is 98.6 cm³/mol. The van der Waals surface area contributed by atoms with Gasteiger partial charge in [-0.05, 0) is 23.3 Å². The third-order valence-electron chi connectivity index (χ3n) is 5.33. The maximum atomic E-state index is 13.3. The van der Waals surface area contributed by atoms with Crippen molar-refractivity contribution in [2.45, 2.75) is 18.4 Å². The van der Waals surface area contributed by atoms with Crippen LogP contribution in [-0.2, 0) is 4.79 Å². The molecule has 0 fully saturated rings. The van der Waals surface area contributed by atoms with Gasteiger partial charge in [-0.3, -0.25) is 4.79 Å². The standard InChI is InChI=1S/C21H17FN4O/c22-16-8-6-13(7-9-16)15-10-17-19(18(27)11-15)20(14-4-2-1-3-5-14)26-21(25-17)23-12-24-26/h1-10,12,15,19-20H,11H2,(H,23,24,25)/t15-,19+,20+/m0/s1. The summed E-state index contributed by atoms with van der Waals surface area (Å²) < 4.78 is 15.0. The van der Waals surface area contributed by atoms with Gasteiger partial charge in [0.25, 0.3) is 0 Å². The molecule has 3 atom stereocenters. The molecule has 2 aromatic carbocycles. The van der Waals surface area contributed by atoms with Crippen LogP contribution in [0.5, 0.6) is 0 Å². The Balaban J connectivity index is 1.60. The predicted octanol–water partition coefficient (Wildman–Crippen LogP) is 3.69. The number of halogens is 1. The largest absolute Gasteiger partial charge is 0.328 e. The van der Waals surface area contributed by atoms with E-state index in [1.165, 1.54) is 18.5 Å². The first kappa shape index (κ1) is 15.9. The number of ketones is 1. The fourth-order valence-electron chi connectivity index (χ4n) is 4.08. The van der Waals surface area contributed by atoms with Crippen LogP contribution < -0.4 is 5.32 Å². The van der Waals surface area contributed by atoms with E-state index >= 15 is 0 Å². The number of carbonyl (C=O) groups excluding carboxylic acids is 1. The summed E-state index contributed by atoms with van der Waals surface area (Å²) >= 11 is 0. The van der Waals surface area contributed by atoms with Gasteiger partial charge in [-0.1, -0.05) is 48.5 Å². The third-order valence-corrected chi connectivity index (χ3v) is 5.33. The minimum Gasteiger partial charge on any atom is -0.328 e. The molecule has 0 saturated heterocycles.